The molecule has 3 aromatic rings. The van der Waals surface area contributed by atoms with E-state index in [1.165, 1.54) is 43.4 Å². The number of methoxy groups -OCH3 is 1. The summed E-state index contributed by atoms with van der Waals surface area (Å²) >= 11 is 0. The van der Waals surface area contributed by atoms with Crippen molar-refractivity contribution in [1.82, 2.24) is 10.1 Å². The monoisotopic (exact) mass is 549 g/mol. The Balaban J connectivity index is 1.11. The van der Waals surface area contributed by atoms with Gasteiger partial charge < -0.3 is 28.7 Å². The van der Waals surface area contributed by atoms with Gasteiger partial charge in [0.05, 0.1) is 6.61 Å². The number of β-amino-alcohol motifs (C(OH)–C–C–N with tert-alkyl or cyclic N) is 1. The summed E-state index contributed by atoms with van der Waals surface area (Å²) in [6, 6.07) is 18.6. The number of aromatic nitrogens is 1. The van der Waals surface area contributed by atoms with Crippen LogP contribution in [0.3, 0.4) is 0 Å². The lowest BCUT2D eigenvalue weighted by Gasteiger charge is -2.43. The van der Waals surface area contributed by atoms with Crippen LogP contribution in [0.2, 0.25) is 0 Å². The van der Waals surface area contributed by atoms with Crippen molar-refractivity contribution in [3.8, 4) is 11.5 Å². The summed E-state index contributed by atoms with van der Waals surface area (Å²) in [5.41, 5.74) is 3.65. The fraction of sp³-hybridized carbons (Fsp3) is 0.531. The molecule has 1 aromatic heterocycles. The van der Waals surface area contributed by atoms with Gasteiger partial charge in [-0.1, -0.05) is 54.8 Å². The van der Waals surface area contributed by atoms with Gasteiger partial charge in [0.1, 0.15) is 25.0 Å². The highest BCUT2D eigenvalue weighted by atomic mass is 16.5. The molecule has 2 atom stereocenters. The van der Waals surface area contributed by atoms with Crippen molar-refractivity contribution in [2.45, 2.75) is 70.3 Å². The molecule has 8 nitrogen and oxygen atoms in total. The predicted molar refractivity (Wildman–Crippen MR) is 155 cm³/mol. The Kier molecular flexibility index (Phi) is 9.97. The number of para-hydroxylation sites is 3. The minimum atomic E-state index is -0.609. The molecular weight excluding hydrogens is 506 g/mol. The average molecular weight is 550 g/mol. The minimum Gasteiger partial charge on any atom is -0.487 e. The van der Waals surface area contributed by atoms with E-state index in [4.69, 9.17) is 18.7 Å². The summed E-state index contributed by atoms with van der Waals surface area (Å²) in [6.07, 6.45) is 6.07. The third-order valence-electron chi connectivity index (χ3n) is 8.08. The summed E-state index contributed by atoms with van der Waals surface area (Å²) in [5.74, 6) is 2.48. The molecule has 2 aromatic carbocycles. The number of aliphatic hydroxyl groups is 1. The highest BCUT2D eigenvalue weighted by Gasteiger charge is 2.28. The number of anilines is 1. The number of hydrogen-bond acceptors (Lipinski definition) is 8. The average Bonchev–Trinajstić information content (AvgIpc) is 3.44. The van der Waals surface area contributed by atoms with Crippen molar-refractivity contribution in [3.05, 3.63) is 71.6 Å². The SMILES string of the molecule is COCc1cc(COc2ccccc2OCC(O)CN2CCN(c3ccccc3C3CCCCC3)CC2C)on1. The van der Waals surface area contributed by atoms with Crippen LogP contribution < -0.4 is 14.4 Å². The maximum Gasteiger partial charge on any atom is 0.174 e. The predicted octanol–water partition coefficient (Wildman–Crippen LogP) is 5.40. The quantitative estimate of drug-likeness (QED) is 0.322. The molecule has 216 valence electrons. The fourth-order valence-electron chi connectivity index (χ4n) is 6.01. The Morgan fingerprint density at radius 2 is 1.73 bits per heavy atom. The second-order valence-electron chi connectivity index (χ2n) is 11.1. The van der Waals surface area contributed by atoms with Gasteiger partial charge in [-0.2, -0.15) is 0 Å². The van der Waals surface area contributed by atoms with E-state index in [9.17, 15) is 5.11 Å². The van der Waals surface area contributed by atoms with Gasteiger partial charge in [0.25, 0.3) is 0 Å². The molecule has 8 heteroatoms. The van der Waals surface area contributed by atoms with Crippen molar-refractivity contribution in [2.75, 3.05) is 44.8 Å². The molecule has 2 aliphatic rings. The Bertz CT molecular complexity index is 1190. The number of hydrogen-bond donors (Lipinski definition) is 1. The summed E-state index contributed by atoms with van der Waals surface area (Å²) in [7, 11) is 1.62. The lowest BCUT2D eigenvalue weighted by molar-refractivity contribution is 0.0501. The van der Waals surface area contributed by atoms with E-state index in [-0.39, 0.29) is 13.2 Å². The van der Waals surface area contributed by atoms with Crippen LogP contribution in [-0.2, 0) is 18.0 Å². The van der Waals surface area contributed by atoms with E-state index in [1.807, 2.05) is 30.3 Å². The van der Waals surface area contributed by atoms with Crippen molar-refractivity contribution >= 4 is 5.69 Å². The summed E-state index contributed by atoms with van der Waals surface area (Å²) in [6.45, 7) is 6.48. The number of rotatable bonds is 12. The second-order valence-corrected chi connectivity index (χ2v) is 11.1. The number of ether oxygens (including phenoxy) is 3. The summed E-state index contributed by atoms with van der Waals surface area (Å²) < 4.78 is 22.3. The number of nitrogens with zero attached hydrogens (tertiary/aromatic N) is 3. The van der Waals surface area contributed by atoms with Crippen LogP contribution in [0.25, 0.3) is 0 Å². The Morgan fingerprint density at radius 1 is 0.975 bits per heavy atom. The van der Waals surface area contributed by atoms with E-state index in [0.717, 1.165) is 25.3 Å². The molecule has 2 fully saturated rings. The second kappa shape index (κ2) is 14.0. The van der Waals surface area contributed by atoms with Gasteiger partial charge in [0, 0.05) is 51.1 Å². The van der Waals surface area contributed by atoms with Gasteiger partial charge in [-0.05, 0) is 49.4 Å². The van der Waals surface area contributed by atoms with E-state index in [0.29, 0.717) is 42.4 Å². The first-order chi connectivity index (χ1) is 19.6. The first-order valence-corrected chi connectivity index (χ1v) is 14.6. The first-order valence-electron chi connectivity index (χ1n) is 14.6. The highest BCUT2D eigenvalue weighted by Crippen LogP contribution is 2.38. The minimum absolute atomic E-state index is 0.193. The van der Waals surface area contributed by atoms with E-state index >= 15 is 0 Å². The van der Waals surface area contributed by atoms with Gasteiger partial charge in [0.15, 0.2) is 17.3 Å². The topological polar surface area (TPSA) is 80.4 Å². The van der Waals surface area contributed by atoms with Gasteiger partial charge >= 0.3 is 0 Å². The summed E-state index contributed by atoms with van der Waals surface area (Å²) in [5, 5.41) is 14.8. The van der Waals surface area contributed by atoms with Gasteiger partial charge in [-0.3, -0.25) is 4.90 Å². The Hall–Kier alpha value is -3.07. The highest BCUT2D eigenvalue weighted by molar-refractivity contribution is 5.56. The molecular formula is C32H43N3O5. The van der Waals surface area contributed by atoms with Crippen LogP contribution >= 0.6 is 0 Å². The number of aliphatic hydroxyl groups excluding tert-OH is 1. The first kappa shape index (κ1) is 28.5. The molecule has 1 saturated heterocycles. The zero-order valence-electron chi connectivity index (χ0n) is 23.8. The van der Waals surface area contributed by atoms with Crippen LogP contribution in [-0.4, -0.2) is 67.2 Å². The molecule has 1 aliphatic heterocycles. The number of piperazine rings is 1. The third kappa shape index (κ3) is 7.36. The lowest BCUT2D eigenvalue weighted by atomic mass is 9.83. The molecule has 1 N–H and O–H groups in total. The molecule has 40 heavy (non-hydrogen) atoms. The molecule has 2 heterocycles. The van der Waals surface area contributed by atoms with Crippen LogP contribution in [0.4, 0.5) is 5.69 Å². The van der Waals surface area contributed by atoms with Crippen LogP contribution in [0.1, 0.15) is 62.0 Å². The molecule has 0 bridgehead atoms. The Morgan fingerprint density at radius 3 is 2.50 bits per heavy atom. The lowest BCUT2D eigenvalue weighted by Crippen LogP contribution is -2.54. The molecule has 1 aliphatic carbocycles. The third-order valence-corrected chi connectivity index (χ3v) is 8.08. The number of benzene rings is 2. The zero-order valence-corrected chi connectivity index (χ0v) is 23.8. The van der Waals surface area contributed by atoms with Crippen molar-refractivity contribution in [2.24, 2.45) is 0 Å². The standard InChI is InChI=1S/C32H43N3O5/c1-24-19-35(30-13-7-6-12-29(30)25-10-4-3-5-11-25)17-16-34(24)20-27(36)22-38-31-14-8-9-15-32(31)39-23-28-18-26(21-37-2)33-40-28/h6-9,12-15,18,24-25,27,36H,3-5,10-11,16-17,19-23H2,1-2H3. The molecule has 1 saturated carbocycles. The molecule has 5 rings (SSSR count). The molecule has 0 radical (unpaired) electrons. The maximum atomic E-state index is 10.9. The van der Waals surface area contributed by atoms with Gasteiger partial charge in [-0.15, -0.1) is 0 Å². The van der Waals surface area contributed by atoms with E-state index in [2.05, 4.69) is 46.1 Å². The molecule has 2 unspecified atom stereocenters. The van der Waals surface area contributed by atoms with Gasteiger partial charge in [0.2, 0.25) is 0 Å². The largest absolute Gasteiger partial charge is 0.487 e. The van der Waals surface area contributed by atoms with Gasteiger partial charge in [-0.25, -0.2) is 0 Å². The van der Waals surface area contributed by atoms with Crippen LogP contribution in [0.15, 0.2) is 59.1 Å². The molecule has 0 spiro atoms. The normalized spacial score (nSPS) is 19.5. The maximum absolute atomic E-state index is 10.9. The smallest absolute Gasteiger partial charge is 0.174 e. The van der Waals surface area contributed by atoms with Crippen molar-refractivity contribution in [1.29, 1.82) is 0 Å². The van der Waals surface area contributed by atoms with Crippen LogP contribution in [0, 0.1) is 0 Å². The van der Waals surface area contributed by atoms with E-state index in [1.54, 1.807) is 7.11 Å². The van der Waals surface area contributed by atoms with Crippen molar-refractivity contribution < 1.29 is 23.8 Å². The zero-order chi connectivity index (χ0) is 27.7. The van der Waals surface area contributed by atoms with Crippen LogP contribution in [0.5, 0.6) is 11.5 Å². The van der Waals surface area contributed by atoms with Crippen molar-refractivity contribution in [3.63, 3.8) is 0 Å². The molecule has 0 amide bonds. The van der Waals surface area contributed by atoms with E-state index < -0.39 is 6.10 Å². The Labute approximate surface area is 237 Å². The summed E-state index contributed by atoms with van der Waals surface area (Å²) in [4.78, 5) is 4.92. The fourth-order valence-corrected chi connectivity index (χ4v) is 6.01.